The molecule has 3 N–H and O–H groups in total. The summed E-state index contributed by atoms with van der Waals surface area (Å²) in [5.41, 5.74) is 6.01. The second-order valence-corrected chi connectivity index (χ2v) is 3.75. The second-order valence-electron chi connectivity index (χ2n) is 3.75. The van der Waals surface area contributed by atoms with Crippen LogP contribution >= 0.6 is 0 Å². The number of nitrogens with zero attached hydrogens (tertiary/aromatic N) is 2. The maximum atomic E-state index is 11.4. The predicted octanol–water partition coefficient (Wildman–Crippen LogP) is 0.349. The molecule has 0 saturated heterocycles. The molecule has 0 atom stereocenters. The minimum Gasteiger partial charge on any atom is -0.368 e. The van der Waals surface area contributed by atoms with Crippen molar-refractivity contribution >= 4 is 17.3 Å². The molecule has 1 aromatic carbocycles. The first-order chi connectivity index (χ1) is 8.51. The van der Waals surface area contributed by atoms with Crippen molar-refractivity contribution in [3.05, 3.63) is 33.9 Å². The van der Waals surface area contributed by atoms with Gasteiger partial charge in [-0.05, 0) is 12.1 Å². The summed E-state index contributed by atoms with van der Waals surface area (Å²) in [5, 5.41) is 13.4. The Hall–Kier alpha value is -2.15. The zero-order chi connectivity index (χ0) is 13.7. The van der Waals surface area contributed by atoms with Gasteiger partial charge in [0.05, 0.1) is 4.92 Å². The Morgan fingerprint density at radius 3 is 2.72 bits per heavy atom. The van der Waals surface area contributed by atoms with Gasteiger partial charge in [-0.1, -0.05) is 0 Å². The van der Waals surface area contributed by atoms with E-state index in [1.807, 2.05) is 0 Å². The summed E-state index contributed by atoms with van der Waals surface area (Å²) in [7, 11) is 3.19. The summed E-state index contributed by atoms with van der Waals surface area (Å²) in [6.45, 7) is 0.894. The molecule has 0 heterocycles. The molecule has 0 aliphatic carbocycles. The first kappa shape index (κ1) is 13.9. The number of anilines is 1. The van der Waals surface area contributed by atoms with Gasteiger partial charge in [-0.3, -0.25) is 14.9 Å². The fourth-order valence-electron chi connectivity index (χ4n) is 1.59. The fourth-order valence-corrected chi connectivity index (χ4v) is 1.59. The van der Waals surface area contributed by atoms with Crippen molar-refractivity contribution in [2.24, 2.45) is 5.73 Å². The van der Waals surface area contributed by atoms with Gasteiger partial charge in [-0.2, -0.15) is 0 Å². The third-order valence-electron chi connectivity index (χ3n) is 2.54. The topological polar surface area (TPSA) is 102 Å². The van der Waals surface area contributed by atoms with E-state index in [1.54, 1.807) is 24.1 Å². The number of amides is 1. The van der Waals surface area contributed by atoms with E-state index in [-0.39, 0.29) is 17.2 Å². The highest BCUT2D eigenvalue weighted by atomic mass is 16.6. The molecule has 7 nitrogen and oxygen atoms in total. The largest absolute Gasteiger partial charge is 0.368 e. The van der Waals surface area contributed by atoms with Crippen LogP contribution in [0.5, 0.6) is 0 Å². The zero-order valence-corrected chi connectivity index (χ0v) is 10.3. The summed E-state index contributed by atoms with van der Waals surface area (Å²) in [6.07, 6.45) is 0. The van der Waals surface area contributed by atoms with Crippen molar-refractivity contribution in [2.45, 2.75) is 0 Å². The van der Waals surface area contributed by atoms with E-state index in [0.717, 1.165) is 0 Å². The van der Waals surface area contributed by atoms with Crippen molar-refractivity contribution in [1.82, 2.24) is 5.32 Å². The molecule has 18 heavy (non-hydrogen) atoms. The van der Waals surface area contributed by atoms with Gasteiger partial charge in [0.2, 0.25) is 0 Å². The number of nitrogens with one attached hydrogen (secondary N) is 1. The molecular weight excluding hydrogens is 236 g/mol. The van der Waals surface area contributed by atoms with Crippen LogP contribution in [-0.4, -0.2) is 38.0 Å². The van der Waals surface area contributed by atoms with E-state index in [9.17, 15) is 14.9 Å². The van der Waals surface area contributed by atoms with Crippen LogP contribution in [0.25, 0.3) is 0 Å². The van der Waals surface area contributed by atoms with E-state index in [0.29, 0.717) is 18.8 Å². The molecule has 98 valence electrons. The van der Waals surface area contributed by atoms with Crippen molar-refractivity contribution in [3.8, 4) is 0 Å². The maximum Gasteiger partial charge on any atom is 0.293 e. The van der Waals surface area contributed by atoms with Gasteiger partial charge in [-0.25, -0.2) is 0 Å². The van der Waals surface area contributed by atoms with Crippen molar-refractivity contribution in [1.29, 1.82) is 0 Å². The monoisotopic (exact) mass is 252 g/mol. The number of rotatable bonds is 5. The number of benzene rings is 1. The Bertz CT molecular complexity index is 462. The molecule has 0 radical (unpaired) electrons. The van der Waals surface area contributed by atoms with Gasteiger partial charge in [0.25, 0.3) is 11.6 Å². The van der Waals surface area contributed by atoms with Gasteiger partial charge in [0, 0.05) is 38.8 Å². The number of nitrogens with two attached hydrogens (primary N) is 1. The highest BCUT2D eigenvalue weighted by molar-refractivity contribution is 5.95. The number of carbonyl (C=O) groups is 1. The average molecular weight is 252 g/mol. The van der Waals surface area contributed by atoms with Crippen LogP contribution in [0.3, 0.4) is 0 Å². The molecule has 0 aromatic heterocycles. The molecule has 0 unspecified atom stereocenters. The summed E-state index contributed by atoms with van der Waals surface area (Å²) >= 11 is 0. The lowest BCUT2D eigenvalue weighted by Gasteiger charge is -2.18. The predicted molar refractivity (Wildman–Crippen MR) is 68.8 cm³/mol. The van der Waals surface area contributed by atoms with E-state index >= 15 is 0 Å². The van der Waals surface area contributed by atoms with E-state index in [2.05, 4.69) is 5.32 Å². The quantitative estimate of drug-likeness (QED) is 0.581. The molecular formula is C11H16N4O3. The Balaban J connectivity index is 3.20. The summed E-state index contributed by atoms with van der Waals surface area (Å²) in [6, 6.07) is 4.37. The third-order valence-corrected chi connectivity index (χ3v) is 2.54. The van der Waals surface area contributed by atoms with Gasteiger partial charge < -0.3 is 16.0 Å². The minimum atomic E-state index is -0.505. The second kappa shape index (κ2) is 5.97. The van der Waals surface area contributed by atoms with E-state index < -0.39 is 4.92 Å². The number of hydrogen-bond donors (Lipinski definition) is 2. The molecule has 0 bridgehead atoms. The molecule has 7 heteroatoms. The van der Waals surface area contributed by atoms with Crippen LogP contribution in [0.15, 0.2) is 18.2 Å². The minimum absolute atomic E-state index is 0.105. The van der Waals surface area contributed by atoms with Crippen LogP contribution in [0.4, 0.5) is 11.4 Å². The third kappa shape index (κ3) is 2.95. The van der Waals surface area contributed by atoms with Crippen LogP contribution in [0.1, 0.15) is 10.4 Å². The van der Waals surface area contributed by atoms with Crippen molar-refractivity contribution in [3.63, 3.8) is 0 Å². The lowest BCUT2D eigenvalue weighted by molar-refractivity contribution is -0.384. The fraction of sp³-hybridized carbons (Fsp3) is 0.364. The van der Waals surface area contributed by atoms with Gasteiger partial charge in [0.1, 0.15) is 5.69 Å². The smallest absolute Gasteiger partial charge is 0.293 e. The number of nitro benzene ring substituents is 1. The Morgan fingerprint density at radius 1 is 1.56 bits per heavy atom. The maximum absolute atomic E-state index is 11.4. The van der Waals surface area contributed by atoms with Crippen molar-refractivity contribution < 1.29 is 9.72 Å². The molecule has 1 rings (SSSR count). The zero-order valence-electron chi connectivity index (χ0n) is 10.3. The summed E-state index contributed by atoms with van der Waals surface area (Å²) in [5.74, 6) is -0.355. The molecule has 1 aromatic rings. The summed E-state index contributed by atoms with van der Waals surface area (Å²) < 4.78 is 0. The number of likely N-dealkylation sites (N-methyl/N-ethyl adjacent to an activating group) is 1. The Labute approximate surface area is 105 Å². The van der Waals surface area contributed by atoms with Gasteiger partial charge in [0.15, 0.2) is 0 Å². The van der Waals surface area contributed by atoms with Gasteiger partial charge >= 0.3 is 0 Å². The first-order valence-corrected chi connectivity index (χ1v) is 5.43. The molecule has 0 aliphatic rings. The highest BCUT2D eigenvalue weighted by Gasteiger charge is 2.19. The lowest BCUT2D eigenvalue weighted by Crippen LogP contribution is -2.26. The number of hydrogen-bond acceptors (Lipinski definition) is 5. The van der Waals surface area contributed by atoms with E-state index in [1.165, 1.54) is 13.1 Å². The molecule has 0 saturated carbocycles. The Kier molecular flexibility index (Phi) is 4.61. The molecule has 0 aliphatic heterocycles. The highest BCUT2D eigenvalue weighted by Crippen LogP contribution is 2.28. The first-order valence-electron chi connectivity index (χ1n) is 5.43. The number of carbonyl (C=O) groups excluding carboxylic acids is 1. The number of nitro groups is 1. The lowest BCUT2D eigenvalue weighted by atomic mass is 10.1. The van der Waals surface area contributed by atoms with Crippen LogP contribution in [0.2, 0.25) is 0 Å². The van der Waals surface area contributed by atoms with E-state index in [4.69, 9.17) is 5.73 Å². The van der Waals surface area contributed by atoms with Crippen LogP contribution in [-0.2, 0) is 0 Å². The standard InChI is InChI=1S/C11H16N4O3/c1-13-11(16)8-3-4-9(14(2)6-5-12)10(7-8)15(17)18/h3-4,7H,5-6,12H2,1-2H3,(H,13,16). The van der Waals surface area contributed by atoms with Crippen LogP contribution in [0, 0.1) is 10.1 Å². The van der Waals surface area contributed by atoms with Crippen molar-refractivity contribution in [2.75, 3.05) is 32.1 Å². The molecule has 0 fully saturated rings. The van der Waals surface area contributed by atoms with Crippen LogP contribution < -0.4 is 16.0 Å². The Morgan fingerprint density at radius 2 is 2.22 bits per heavy atom. The normalized spacial score (nSPS) is 9.94. The van der Waals surface area contributed by atoms with Gasteiger partial charge in [-0.15, -0.1) is 0 Å². The average Bonchev–Trinajstić information content (AvgIpc) is 2.37. The molecule has 0 spiro atoms. The summed E-state index contributed by atoms with van der Waals surface area (Å²) in [4.78, 5) is 23.6. The SMILES string of the molecule is CNC(=O)c1ccc(N(C)CCN)c([N+](=O)[O-])c1. The molecule has 1 amide bonds.